The van der Waals surface area contributed by atoms with Crippen molar-refractivity contribution in [3.05, 3.63) is 46.7 Å². The molecule has 0 atom stereocenters. The summed E-state index contributed by atoms with van der Waals surface area (Å²) in [5.74, 6) is 0.890. The second-order valence-electron chi connectivity index (χ2n) is 8.06. The molecule has 0 unspecified atom stereocenters. The molecule has 1 amide bonds. The molecule has 0 saturated heterocycles. The third-order valence-corrected chi connectivity index (χ3v) is 7.20. The van der Waals surface area contributed by atoms with Gasteiger partial charge >= 0.3 is 6.18 Å². The molecule has 1 aliphatic carbocycles. The standard InChI is InChI=1S/C23H24F3N3O2S/c1-3-13-7-9-14(10-8-13)22-29-17-11-18(31-2)16(12-19(17)32-22)28-21(30)15-5-4-6-20(27-15)23(24,25)26/h4-6,11-14H,3,7-10H2,1-2H3,(H,28,30)/t13-,14-. The minimum absolute atomic E-state index is 0.320. The fourth-order valence-corrected chi connectivity index (χ4v) is 5.29. The van der Waals surface area contributed by atoms with Crippen molar-refractivity contribution in [1.82, 2.24) is 9.97 Å². The summed E-state index contributed by atoms with van der Waals surface area (Å²) in [5, 5.41) is 3.72. The number of carbonyl (C=O) groups is 1. The number of anilines is 1. The van der Waals surface area contributed by atoms with Gasteiger partial charge in [0.1, 0.15) is 17.1 Å². The highest BCUT2D eigenvalue weighted by molar-refractivity contribution is 7.18. The number of ether oxygens (including phenoxy) is 1. The predicted octanol–water partition coefficient (Wildman–Crippen LogP) is 6.65. The largest absolute Gasteiger partial charge is 0.494 e. The van der Waals surface area contributed by atoms with Crippen LogP contribution in [-0.4, -0.2) is 23.0 Å². The van der Waals surface area contributed by atoms with Crippen LogP contribution in [0.1, 0.15) is 66.1 Å². The van der Waals surface area contributed by atoms with E-state index in [1.54, 1.807) is 23.5 Å². The maximum atomic E-state index is 12.9. The summed E-state index contributed by atoms with van der Waals surface area (Å²) in [4.78, 5) is 20.9. The number of carbonyl (C=O) groups excluding carboxylic acids is 1. The predicted molar refractivity (Wildman–Crippen MR) is 118 cm³/mol. The number of benzene rings is 1. The van der Waals surface area contributed by atoms with Crippen LogP contribution in [0.15, 0.2) is 30.3 Å². The van der Waals surface area contributed by atoms with E-state index in [-0.39, 0.29) is 5.69 Å². The first-order valence-corrected chi connectivity index (χ1v) is 11.4. The first-order chi connectivity index (χ1) is 15.3. The molecular formula is C23H24F3N3O2S. The molecule has 0 bridgehead atoms. The molecule has 3 aromatic rings. The van der Waals surface area contributed by atoms with Gasteiger partial charge in [0, 0.05) is 12.0 Å². The van der Waals surface area contributed by atoms with Gasteiger partial charge in [0.15, 0.2) is 0 Å². The van der Waals surface area contributed by atoms with Crippen LogP contribution in [0.3, 0.4) is 0 Å². The van der Waals surface area contributed by atoms with Gasteiger partial charge in [0.05, 0.1) is 28.0 Å². The van der Waals surface area contributed by atoms with Gasteiger partial charge in [-0.25, -0.2) is 9.97 Å². The lowest BCUT2D eigenvalue weighted by Gasteiger charge is -2.26. The molecule has 1 N–H and O–H groups in total. The van der Waals surface area contributed by atoms with Gasteiger partial charge in [-0.05, 0) is 49.8 Å². The molecule has 2 aromatic heterocycles. The second kappa shape index (κ2) is 9.05. The Morgan fingerprint density at radius 1 is 1.19 bits per heavy atom. The summed E-state index contributed by atoms with van der Waals surface area (Å²) >= 11 is 1.59. The molecule has 1 aliphatic rings. The zero-order valence-electron chi connectivity index (χ0n) is 17.8. The van der Waals surface area contributed by atoms with Crippen LogP contribution in [0.5, 0.6) is 5.75 Å². The average Bonchev–Trinajstić information content (AvgIpc) is 3.21. The number of thiazole rings is 1. The topological polar surface area (TPSA) is 64.1 Å². The van der Waals surface area contributed by atoms with Crippen LogP contribution in [0.25, 0.3) is 10.2 Å². The Balaban J connectivity index is 1.58. The molecule has 1 fully saturated rings. The number of nitrogens with one attached hydrogen (secondary N) is 1. The summed E-state index contributed by atoms with van der Waals surface area (Å²) in [6, 6.07) is 6.75. The highest BCUT2D eigenvalue weighted by Gasteiger charge is 2.33. The van der Waals surface area contributed by atoms with Crippen LogP contribution in [0, 0.1) is 5.92 Å². The van der Waals surface area contributed by atoms with E-state index >= 15 is 0 Å². The van der Waals surface area contributed by atoms with Gasteiger partial charge < -0.3 is 10.1 Å². The Kier molecular flexibility index (Phi) is 6.37. The van der Waals surface area contributed by atoms with E-state index in [0.29, 0.717) is 17.4 Å². The fraction of sp³-hybridized carbons (Fsp3) is 0.435. The number of amides is 1. The summed E-state index contributed by atoms with van der Waals surface area (Å²) in [7, 11) is 1.47. The molecule has 32 heavy (non-hydrogen) atoms. The molecule has 1 saturated carbocycles. The van der Waals surface area contributed by atoms with Gasteiger partial charge in [0.25, 0.3) is 5.91 Å². The summed E-state index contributed by atoms with van der Waals surface area (Å²) in [5.41, 5.74) is -0.277. The van der Waals surface area contributed by atoms with Gasteiger partial charge in [-0.2, -0.15) is 13.2 Å². The van der Waals surface area contributed by atoms with Crippen LogP contribution in [0.2, 0.25) is 0 Å². The maximum absolute atomic E-state index is 12.9. The van der Waals surface area contributed by atoms with Gasteiger partial charge in [-0.1, -0.05) is 19.4 Å². The van der Waals surface area contributed by atoms with Gasteiger partial charge in [0.2, 0.25) is 0 Å². The van der Waals surface area contributed by atoms with E-state index in [0.717, 1.165) is 46.1 Å². The number of hydrogen-bond acceptors (Lipinski definition) is 5. The Bertz CT molecular complexity index is 1120. The Morgan fingerprint density at radius 3 is 2.59 bits per heavy atom. The molecule has 9 heteroatoms. The van der Waals surface area contributed by atoms with Crippen LogP contribution in [0.4, 0.5) is 18.9 Å². The molecule has 0 radical (unpaired) electrons. The van der Waals surface area contributed by atoms with Crippen molar-refractivity contribution < 1.29 is 22.7 Å². The fourth-order valence-electron chi connectivity index (χ4n) is 4.14. The number of pyridine rings is 1. The highest BCUT2D eigenvalue weighted by Crippen LogP contribution is 2.41. The van der Waals surface area contributed by atoms with Gasteiger partial charge in [-0.15, -0.1) is 11.3 Å². The number of alkyl halides is 3. The molecule has 0 aliphatic heterocycles. The lowest BCUT2D eigenvalue weighted by atomic mass is 9.81. The Morgan fingerprint density at radius 2 is 1.94 bits per heavy atom. The van der Waals surface area contributed by atoms with Crippen molar-refractivity contribution in [2.75, 3.05) is 12.4 Å². The molecule has 5 nitrogen and oxygen atoms in total. The third kappa shape index (κ3) is 4.72. The molecule has 170 valence electrons. The molecule has 4 rings (SSSR count). The molecule has 0 spiro atoms. The monoisotopic (exact) mass is 463 g/mol. The Hall–Kier alpha value is -2.68. The lowest BCUT2D eigenvalue weighted by molar-refractivity contribution is -0.141. The quantitative estimate of drug-likeness (QED) is 0.460. The Labute approximate surface area is 188 Å². The maximum Gasteiger partial charge on any atom is 0.433 e. The first kappa shape index (κ1) is 22.5. The van der Waals surface area contributed by atoms with Crippen molar-refractivity contribution in [3.63, 3.8) is 0 Å². The third-order valence-electron chi connectivity index (χ3n) is 6.02. The molecular weight excluding hydrogens is 439 g/mol. The highest BCUT2D eigenvalue weighted by atomic mass is 32.1. The van der Waals surface area contributed by atoms with Crippen molar-refractivity contribution >= 4 is 33.1 Å². The van der Waals surface area contributed by atoms with Crippen LogP contribution in [-0.2, 0) is 6.18 Å². The number of aromatic nitrogens is 2. The van der Waals surface area contributed by atoms with E-state index in [1.165, 1.54) is 32.4 Å². The second-order valence-corrected chi connectivity index (χ2v) is 9.12. The van der Waals surface area contributed by atoms with E-state index < -0.39 is 17.8 Å². The van der Waals surface area contributed by atoms with E-state index in [2.05, 4.69) is 17.2 Å². The SMILES string of the molecule is CC[C@H]1CC[C@H](c2nc3cc(OC)c(NC(=O)c4cccc(C(F)(F)F)n4)cc3s2)CC1. The smallest absolute Gasteiger partial charge is 0.433 e. The molecule has 1 aromatic carbocycles. The zero-order valence-corrected chi connectivity index (χ0v) is 18.6. The van der Waals surface area contributed by atoms with E-state index in [4.69, 9.17) is 9.72 Å². The van der Waals surface area contributed by atoms with Crippen molar-refractivity contribution in [2.45, 2.75) is 51.1 Å². The summed E-state index contributed by atoms with van der Waals surface area (Å²) < 4.78 is 45.1. The van der Waals surface area contributed by atoms with Crippen molar-refractivity contribution in [1.29, 1.82) is 0 Å². The van der Waals surface area contributed by atoms with Gasteiger partial charge in [-0.3, -0.25) is 4.79 Å². The number of halogens is 3. The number of rotatable bonds is 5. The minimum atomic E-state index is -4.62. The average molecular weight is 464 g/mol. The zero-order chi connectivity index (χ0) is 22.9. The number of fused-ring (bicyclic) bond motifs is 1. The summed E-state index contributed by atoms with van der Waals surface area (Å²) in [6.45, 7) is 2.24. The van der Waals surface area contributed by atoms with Crippen LogP contribution < -0.4 is 10.1 Å². The lowest BCUT2D eigenvalue weighted by Crippen LogP contribution is -2.17. The molecule has 2 heterocycles. The van der Waals surface area contributed by atoms with E-state index in [9.17, 15) is 18.0 Å². The number of hydrogen-bond donors (Lipinski definition) is 1. The van der Waals surface area contributed by atoms with Crippen LogP contribution >= 0.6 is 11.3 Å². The minimum Gasteiger partial charge on any atom is -0.494 e. The number of methoxy groups -OCH3 is 1. The summed E-state index contributed by atoms with van der Waals surface area (Å²) in [6.07, 6.45) is 1.27. The normalized spacial score (nSPS) is 19.2. The first-order valence-electron chi connectivity index (χ1n) is 10.6. The number of nitrogens with zero attached hydrogens (tertiary/aromatic N) is 2. The van der Waals surface area contributed by atoms with E-state index in [1.807, 2.05) is 0 Å². The van der Waals surface area contributed by atoms with Crippen molar-refractivity contribution in [2.24, 2.45) is 5.92 Å². The van der Waals surface area contributed by atoms with Crippen molar-refractivity contribution in [3.8, 4) is 5.75 Å².